The summed E-state index contributed by atoms with van der Waals surface area (Å²) < 4.78 is 5.68. The van der Waals surface area contributed by atoms with Gasteiger partial charge < -0.3 is 9.84 Å². The molecule has 1 aromatic rings. The van der Waals surface area contributed by atoms with Gasteiger partial charge in [-0.3, -0.25) is 19.8 Å². The Bertz CT molecular complexity index is 834. The number of carbonyl (C=O) groups is 1. The maximum absolute atomic E-state index is 12.7. The van der Waals surface area contributed by atoms with E-state index in [0.717, 1.165) is 30.3 Å². The van der Waals surface area contributed by atoms with Crippen LogP contribution in [0.3, 0.4) is 0 Å². The summed E-state index contributed by atoms with van der Waals surface area (Å²) >= 11 is 6.46. The monoisotopic (exact) mass is 421 g/mol. The Morgan fingerprint density at radius 3 is 2.75 bits per heavy atom. The molecule has 7 nitrogen and oxygen atoms in total. The van der Waals surface area contributed by atoms with Gasteiger partial charge in [-0.25, -0.2) is 0 Å². The van der Waals surface area contributed by atoms with E-state index in [1.54, 1.807) is 11.8 Å². The Kier molecular flexibility index (Phi) is 6.56. The van der Waals surface area contributed by atoms with Crippen LogP contribution in [0.4, 0.5) is 5.69 Å². The Labute approximate surface area is 172 Å². The fraction of sp³-hybridized carbons (Fsp3) is 0.474. The first-order valence-corrected chi connectivity index (χ1v) is 10.5. The van der Waals surface area contributed by atoms with E-state index in [2.05, 4.69) is 0 Å². The van der Waals surface area contributed by atoms with Crippen molar-refractivity contribution in [2.75, 3.05) is 13.2 Å². The Hall–Kier alpha value is -2.13. The summed E-state index contributed by atoms with van der Waals surface area (Å²) in [5.41, 5.74) is -0.208. The number of nitro benzene ring substituents is 1. The lowest BCUT2D eigenvalue weighted by atomic mass is 10.0. The van der Waals surface area contributed by atoms with Crippen LogP contribution in [0, 0.1) is 16.0 Å². The van der Waals surface area contributed by atoms with Crippen molar-refractivity contribution in [1.29, 1.82) is 0 Å². The zero-order valence-corrected chi connectivity index (χ0v) is 17.1. The molecule has 0 spiro atoms. The van der Waals surface area contributed by atoms with Crippen LogP contribution in [0.1, 0.15) is 44.6 Å². The molecular formula is C19H21N2O5S2-. The maximum atomic E-state index is 12.7. The van der Waals surface area contributed by atoms with Crippen LogP contribution < -0.4 is 9.84 Å². The largest absolute Gasteiger partial charge is 0.870 e. The summed E-state index contributed by atoms with van der Waals surface area (Å²) in [4.78, 5) is 25.2. The highest BCUT2D eigenvalue weighted by atomic mass is 32.2. The standard InChI is InChI=1S/C19H22N2O5S2/c1-2-26-15-11-14(21(24)25)9-13(17(15)22)10-16-18(23)20(19(27)28-16)8-7-12-5-3-4-6-12/h9-12,22H,2-8H2,1H3/p-1/b16-10+. The number of thiocarbonyl (C=S) groups is 1. The van der Waals surface area contributed by atoms with Crippen molar-refractivity contribution in [1.82, 2.24) is 4.90 Å². The maximum Gasteiger partial charge on any atom is 0.273 e. The molecule has 1 saturated carbocycles. The summed E-state index contributed by atoms with van der Waals surface area (Å²) in [6.07, 6.45) is 7.16. The van der Waals surface area contributed by atoms with Crippen LogP contribution in [0.25, 0.3) is 6.08 Å². The fourth-order valence-electron chi connectivity index (χ4n) is 3.53. The van der Waals surface area contributed by atoms with Gasteiger partial charge in [0, 0.05) is 12.6 Å². The minimum Gasteiger partial charge on any atom is -0.870 e. The van der Waals surface area contributed by atoms with Gasteiger partial charge in [0.05, 0.1) is 22.5 Å². The number of rotatable bonds is 7. The van der Waals surface area contributed by atoms with Crippen LogP contribution in [0.5, 0.6) is 11.5 Å². The SMILES string of the molecule is CCOc1cc([N+](=O)[O-])cc(/C=C2/SC(=S)N(CCC3CCCC3)C2=O)c1[O-]. The van der Waals surface area contributed by atoms with E-state index >= 15 is 0 Å². The normalized spacial score (nSPS) is 19.0. The fourth-order valence-corrected chi connectivity index (χ4v) is 4.83. The van der Waals surface area contributed by atoms with Crippen LogP contribution >= 0.6 is 24.0 Å². The summed E-state index contributed by atoms with van der Waals surface area (Å²) in [7, 11) is 0. The minimum atomic E-state index is -0.591. The molecule has 1 aromatic carbocycles. The number of benzene rings is 1. The van der Waals surface area contributed by atoms with Gasteiger partial charge in [0.1, 0.15) is 10.1 Å². The summed E-state index contributed by atoms with van der Waals surface area (Å²) in [6.45, 7) is 2.46. The average molecular weight is 422 g/mol. The van der Waals surface area contributed by atoms with Crippen molar-refractivity contribution >= 4 is 46.0 Å². The molecule has 1 aliphatic heterocycles. The first-order valence-electron chi connectivity index (χ1n) is 9.28. The second kappa shape index (κ2) is 8.91. The molecule has 150 valence electrons. The second-order valence-corrected chi connectivity index (χ2v) is 8.50. The number of nitro groups is 1. The molecule has 28 heavy (non-hydrogen) atoms. The topological polar surface area (TPSA) is 95.7 Å². The van der Waals surface area contributed by atoms with Gasteiger partial charge in [0.15, 0.2) is 0 Å². The second-order valence-electron chi connectivity index (χ2n) is 6.82. The van der Waals surface area contributed by atoms with Crippen LogP contribution in [-0.2, 0) is 4.79 Å². The van der Waals surface area contributed by atoms with Crippen molar-refractivity contribution < 1.29 is 19.6 Å². The number of carbonyl (C=O) groups excluding carboxylic acids is 1. The highest BCUT2D eigenvalue weighted by Gasteiger charge is 2.32. The van der Waals surface area contributed by atoms with Gasteiger partial charge >= 0.3 is 0 Å². The number of non-ortho nitro benzene ring substituents is 1. The van der Waals surface area contributed by atoms with Crippen LogP contribution in [0.15, 0.2) is 17.0 Å². The average Bonchev–Trinajstić information content (AvgIpc) is 3.25. The van der Waals surface area contributed by atoms with E-state index in [-0.39, 0.29) is 29.5 Å². The number of hydrogen-bond acceptors (Lipinski definition) is 7. The lowest BCUT2D eigenvalue weighted by molar-refractivity contribution is -0.385. The third-order valence-electron chi connectivity index (χ3n) is 4.97. The smallest absolute Gasteiger partial charge is 0.273 e. The van der Waals surface area contributed by atoms with E-state index < -0.39 is 10.7 Å². The summed E-state index contributed by atoms with van der Waals surface area (Å²) in [5, 5.41) is 23.7. The van der Waals surface area contributed by atoms with E-state index in [1.165, 1.54) is 31.8 Å². The number of hydrogen-bond donors (Lipinski definition) is 0. The van der Waals surface area contributed by atoms with E-state index in [1.807, 2.05) is 0 Å². The summed E-state index contributed by atoms with van der Waals surface area (Å²) in [6, 6.07) is 2.27. The third-order valence-corrected chi connectivity index (χ3v) is 6.35. The van der Waals surface area contributed by atoms with Crippen molar-refractivity contribution in [3.05, 3.63) is 32.7 Å². The lowest BCUT2D eigenvalue weighted by Gasteiger charge is -2.17. The molecule has 9 heteroatoms. The minimum absolute atomic E-state index is 0.0499. The predicted octanol–water partition coefficient (Wildman–Crippen LogP) is 3.85. The quantitative estimate of drug-likeness (QED) is 0.285. The molecule has 3 rings (SSSR count). The van der Waals surface area contributed by atoms with Gasteiger partial charge in [-0.2, -0.15) is 0 Å². The highest BCUT2D eigenvalue weighted by Crippen LogP contribution is 2.38. The predicted molar refractivity (Wildman–Crippen MR) is 110 cm³/mol. The molecular weight excluding hydrogens is 400 g/mol. The molecule has 0 N–H and O–H groups in total. The van der Waals surface area contributed by atoms with Gasteiger partial charge in [-0.1, -0.05) is 55.4 Å². The van der Waals surface area contributed by atoms with Crippen molar-refractivity contribution in [2.45, 2.75) is 39.0 Å². The number of thioether (sulfide) groups is 1. The molecule has 0 atom stereocenters. The molecule has 0 radical (unpaired) electrons. The van der Waals surface area contributed by atoms with E-state index in [9.17, 15) is 20.0 Å². The first kappa shape index (κ1) is 20.6. The molecule has 2 aliphatic rings. The van der Waals surface area contributed by atoms with E-state index in [0.29, 0.717) is 21.7 Å². The summed E-state index contributed by atoms with van der Waals surface area (Å²) in [5.74, 6) is -0.201. The molecule has 2 fully saturated rings. The number of amides is 1. The van der Waals surface area contributed by atoms with Crippen molar-refractivity contribution in [3.63, 3.8) is 0 Å². The lowest BCUT2D eigenvalue weighted by Crippen LogP contribution is -2.30. The Morgan fingerprint density at radius 2 is 2.11 bits per heavy atom. The molecule has 0 unspecified atom stereocenters. The van der Waals surface area contributed by atoms with Crippen molar-refractivity contribution in [2.24, 2.45) is 5.92 Å². The van der Waals surface area contributed by atoms with Gasteiger partial charge in [0.2, 0.25) is 0 Å². The highest BCUT2D eigenvalue weighted by molar-refractivity contribution is 8.26. The molecule has 1 saturated heterocycles. The number of nitrogens with zero attached hydrogens (tertiary/aromatic N) is 2. The van der Waals surface area contributed by atoms with Crippen molar-refractivity contribution in [3.8, 4) is 11.5 Å². The zero-order valence-electron chi connectivity index (χ0n) is 15.5. The Morgan fingerprint density at radius 1 is 1.39 bits per heavy atom. The third kappa shape index (κ3) is 4.47. The molecule has 1 amide bonds. The molecule has 0 bridgehead atoms. The van der Waals surface area contributed by atoms with Crippen LogP contribution in [-0.4, -0.2) is 33.2 Å². The zero-order chi connectivity index (χ0) is 20.3. The van der Waals surface area contributed by atoms with Gasteiger partial charge in [-0.05, 0) is 30.9 Å². The van der Waals surface area contributed by atoms with Gasteiger partial charge in [-0.15, -0.1) is 0 Å². The van der Waals surface area contributed by atoms with Gasteiger partial charge in [0.25, 0.3) is 11.6 Å². The molecule has 0 aromatic heterocycles. The molecule has 1 aliphatic carbocycles. The van der Waals surface area contributed by atoms with Crippen LogP contribution in [0.2, 0.25) is 0 Å². The molecule has 1 heterocycles. The Balaban J connectivity index is 1.83. The number of ether oxygens (including phenoxy) is 1. The first-order chi connectivity index (χ1) is 13.4. The van der Waals surface area contributed by atoms with E-state index in [4.69, 9.17) is 17.0 Å².